The number of halogens is 2. The zero-order valence-corrected chi connectivity index (χ0v) is 13.8. The largest absolute Gasteiger partial charge is 0.333 e. The van der Waals surface area contributed by atoms with Crippen molar-refractivity contribution in [2.75, 3.05) is 0 Å². The van der Waals surface area contributed by atoms with Gasteiger partial charge in [-0.1, -0.05) is 46.5 Å². The molecule has 24 heavy (non-hydrogen) atoms. The molecule has 2 aromatic carbocycles. The number of hydrogen-bond acceptors (Lipinski definition) is 4. The van der Waals surface area contributed by atoms with Crippen molar-refractivity contribution >= 4 is 41.0 Å². The van der Waals surface area contributed by atoms with Crippen molar-refractivity contribution in [1.29, 1.82) is 0 Å². The molecule has 0 aliphatic carbocycles. The molecule has 5 nitrogen and oxygen atoms in total. The molecule has 1 aliphatic rings. The van der Waals surface area contributed by atoms with Gasteiger partial charge in [0.1, 0.15) is 0 Å². The first-order valence-electron chi connectivity index (χ1n) is 7.10. The number of fused-ring (bicyclic) bond motifs is 1. The Morgan fingerprint density at radius 2 is 1.58 bits per heavy atom. The number of benzene rings is 2. The molecule has 0 fully saturated rings. The van der Waals surface area contributed by atoms with Crippen LogP contribution in [0.5, 0.6) is 0 Å². The van der Waals surface area contributed by atoms with Crippen molar-refractivity contribution in [1.82, 2.24) is 5.06 Å². The number of carbonyl (C=O) groups excluding carboxylic acids is 3. The van der Waals surface area contributed by atoms with Gasteiger partial charge in [0.05, 0.1) is 27.6 Å². The topological polar surface area (TPSA) is 63.7 Å². The maximum Gasteiger partial charge on any atom is 0.333 e. The standard InChI is InChI=1S/C17H11Cl2NO4/c18-13-7-5-10(9-14(13)19)6-8-15(21)24-20-16(22)11-3-1-2-4-12(11)17(20)23/h1-5,7,9H,6,8H2. The van der Waals surface area contributed by atoms with Crippen LogP contribution in [-0.4, -0.2) is 22.8 Å². The quantitative estimate of drug-likeness (QED) is 0.777. The second-order valence-electron chi connectivity index (χ2n) is 5.16. The molecular weight excluding hydrogens is 353 g/mol. The maximum atomic E-state index is 12.1. The first-order valence-corrected chi connectivity index (χ1v) is 7.85. The average Bonchev–Trinajstić information content (AvgIpc) is 2.81. The summed E-state index contributed by atoms with van der Waals surface area (Å²) in [4.78, 5) is 41.1. The molecule has 0 aromatic heterocycles. The maximum absolute atomic E-state index is 12.1. The van der Waals surface area contributed by atoms with Gasteiger partial charge in [-0.25, -0.2) is 4.79 Å². The molecule has 122 valence electrons. The normalized spacial score (nSPS) is 13.2. The van der Waals surface area contributed by atoms with Crippen LogP contribution < -0.4 is 0 Å². The van der Waals surface area contributed by atoms with Crippen molar-refractivity contribution < 1.29 is 19.2 Å². The van der Waals surface area contributed by atoms with Crippen molar-refractivity contribution in [2.24, 2.45) is 0 Å². The van der Waals surface area contributed by atoms with Gasteiger partial charge in [0.25, 0.3) is 11.8 Å². The minimum atomic E-state index is -0.685. The molecule has 0 atom stereocenters. The van der Waals surface area contributed by atoms with Crippen LogP contribution >= 0.6 is 23.2 Å². The summed E-state index contributed by atoms with van der Waals surface area (Å²) >= 11 is 11.7. The highest BCUT2D eigenvalue weighted by Crippen LogP contribution is 2.24. The first kappa shape index (κ1) is 16.5. The molecule has 2 aromatic rings. The smallest absolute Gasteiger partial charge is 0.330 e. The third kappa shape index (κ3) is 3.13. The molecule has 0 N–H and O–H groups in total. The van der Waals surface area contributed by atoms with Crippen LogP contribution in [0.15, 0.2) is 42.5 Å². The summed E-state index contributed by atoms with van der Waals surface area (Å²) in [7, 11) is 0. The Balaban J connectivity index is 1.63. The van der Waals surface area contributed by atoms with Crippen LogP contribution in [-0.2, 0) is 16.1 Å². The number of hydroxylamine groups is 2. The number of amides is 2. The molecule has 1 aliphatic heterocycles. The zero-order valence-electron chi connectivity index (χ0n) is 12.3. The Hall–Kier alpha value is -2.37. The van der Waals surface area contributed by atoms with Crippen LogP contribution in [0.1, 0.15) is 32.7 Å². The minimum Gasteiger partial charge on any atom is -0.330 e. The predicted octanol–water partition coefficient (Wildman–Crippen LogP) is 3.68. The predicted molar refractivity (Wildman–Crippen MR) is 87.8 cm³/mol. The lowest BCUT2D eigenvalue weighted by atomic mass is 10.1. The fourth-order valence-electron chi connectivity index (χ4n) is 2.34. The number of imide groups is 1. The average molecular weight is 364 g/mol. The Morgan fingerprint density at radius 3 is 2.17 bits per heavy atom. The number of carbonyl (C=O) groups is 3. The van der Waals surface area contributed by atoms with E-state index in [4.69, 9.17) is 28.0 Å². The van der Waals surface area contributed by atoms with Crippen LogP contribution in [0.3, 0.4) is 0 Å². The van der Waals surface area contributed by atoms with E-state index in [0.717, 1.165) is 5.56 Å². The Labute approximate surface area is 147 Å². The highest BCUT2D eigenvalue weighted by atomic mass is 35.5. The van der Waals surface area contributed by atoms with Gasteiger partial charge in [0.15, 0.2) is 0 Å². The van der Waals surface area contributed by atoms with E-state index < -0.39 is 17.8 Å². The SMILES string of the molecule is O=C(CCc1ccc(Cl)c(Cl)c1)ON1C(=O)c2ccccc2C1=O. The van der Waals surface area contributed by atoms with Gasteiger partial charge in [0, 0.05) is 0 Å². The van der Waals surface area contributed by atoms with Gasteiger partial charge in [-0.2, -0.15) is 0 Å². The van der Waals surface area contributed by atoms with E-state index in [9.17, 15) is 14.4 Å². The lowest BCUT2D eigenvalue weighted by Gasteiger charge is -2.12. The third-order valence-corrected chi connectivity index (χ3v) is 4.29. The minimum absolute atomic E-state index is 0.00856. The number of nitrogens with zero attached hydrogens (tertiary/aromatic N) is 1. The van der Waals surface area contributed by atoms with Crippen LogP contribution in [0.4, 0.5) is 0 Å². The van der Waals surface area contributed by atoms with Gasteiger partial charge in [-0.05, 0) is 36.2 Å². The van der Waals surface area contributed by atoms with E-state index in [-0.39, 0.29) is 17.5 Å². The van der Waals surface area contributed by atoms with E-state index in [0.29, 0.717) is 21.5 Å². The number of rotatable bonds is 4. The molecular formula is C17H11Cl2NO4. The summed E-state index contributed by atoms with van der Waals surface area (Å²) in [5.41, 5.74) is 1.24. The molecule has 0 radical (unpaired) electrons. The lowest BCUT2D eigenvalue weighted by Crippen LogP contribution is -2.32. The fraction of sp³-hybridized carbons (Fsp3) is 0.118. The van der Waals surface area contributed by atoms with Crippen molar-refractivity contribution in [3.05, 3.63) is 69.2 Å². The van der Waals surface area contributed by atoms with Crippen LogP contribution in [0.25, 0.3) is 0 Å². The summed E-state index contributed by atoms with van der Waals surface area (Å²) in [6.45, 7) is 0. The molecule has 0 spiro atoms. The summed E-state index contributed by atoms with van der Waals surface area (Å²) < 4.78 is 0. The number of aryl methyl sites for hydroxylation is 1. The summed E-state index contributed by atoms with van der Waals surface area (Å²) in [5, 5.41) is 1.32. The molecule has 3 rings (SSSR count). The van der Waals surface area contributed by atoms with E-state index >= 15 is 0 Å². The van der Waals surface area contributed by atoms with Gasteiger partial charge < -0.3 is 4.84 Å². The lowest BCUT2D eigenvalue weighted by molar-refractivity contribution is -0.168. The Kier molecular flexibility index (Phi) is 4.55. The van der Waals surface area contributed by atoms with Crippen LogP contribution in [0, 0.1) is 0 Å². The molecule has 1 heterocycles. The molecule has 0 saturated carbocycles. The van der Waals surface area contributed by atoms with E-state index in [2.05, 4.69) is 0 Å². The molecule has 0 bridgehead atoms. The van der Waals surface area contributed by atoms with Gasteiger partial charge in [-0.3, -0.25) is 9.59 Å². The van der Waals surface area contributed by atoms with Gasteiger partial charge >= 0.3 is 5.97 Å². The Morgan fingerprint density at radius 1 is 0.958 bits per heavy atom. The highest BCUT2D eigenvalue weighted by molar-refractivity contribution is 6.42. The summed E-state index contributed by atoms with van der Waals surface area (Å²) in [6.07, 6.45) is 0.338. The first-order chi connectivity index (χ1) is 11.5. The zero-order chi connectivity index (χ0) is 17.3. The Bertz CT molecular complexity index is 815. The van der Waals surface area contributed by atoms with Crippen molar-refractivity contribution in [2.45, 2.75) is 12.8 Å². The fourth-order valence-corrected chi connectivity index (χ4v) is 2.66. The second-order valence-corrected chi connectivity index (χ2v) is 5.98. The summed E-state index contributed by atoms with van der Waals surface area (Å²) in [5.74, 6) is -1.97. The highest BCUT2D eigenvalue weighted by Gasteiger charge is 2.38. The molecule has 7 heteroatoms. The summed E-state index contributed by atoms with van der Waals surface area (Å²) in [6, 6.07) is 11.3. The van der Waals surface area contributed by atoms with Crippen molar-refractivity contribution in [3.8, 4) is 0 Å². The second kappa shape index (κ2) is 6.63. The monoisotopic (exact) mass is 363 g/mol. The molecule has 2 amide bonds. The third-order valence-electron chi connectivity index (χ3n) is 3.55. The molecule has 0 unspecified atom stereocenters. The van der Waals surface area contributed by atoms with Gasteiger partial charge in [0.2, 0.25) is 0 Å². The van der Waals surface area contributed by atoms with E-state index in [1.165, 1.54) is 12.1 Å². The molecule has 0 saturated heterocycles. The van der Waals surface area contributed by atoms with Crippen LogP contribution in [0.2, 0.25) is 10.0 Å². The van der Waals surface area contributed by atoms with E-state index in [1.807, 2.05) is 0 Å². The van der Waals surface area contributed by atoms with Gasteiger partial charge in [-0.15, -0.1) is 0 Å². The van der Waals surface area contributed by atoms with Crippen molar-refractivity contribution in [3.63, 3.8) is 0 Å². The number of hydrogen-bond donors (Lipinski definition) is 0. The van der Waals surface area contributed by atoms with E-state index in [1.54, 1.807) is 30.3 Å².